The molecule has 142 valence electrons. The number of carbonyl (C=O) groups is 3. The molecule has 9 nitrogen and oxygen atoms in total. The Kier molecular flexibility index (Phi) is 5.28. The number of allylic oxidation sites excluding steroid dienone is 2. The van der Waals surface area contributed by atoms with Crippen LogP contribution < -0.4 is 5.73 Å². The van der Waals surface area contributed by atoms with Crippen molar-refractivity contribution in [3.63, 3.8) is 0 Å². The van der Waals surface area contributed by atoms with Crippen molar-refractivity contribution in [3.05, 3.63) is 22.5 Å². The molecule has 1 atom stereocenters. The van der Waals surface area contributed by atoms with Crippen molar-refractivity contribution in [2.24, 2.45) is 5.73 Å². The molecule has 0 aromatic carbocycles. The molecule has 1 aliphatic carbocycles. The first kappa shape index (κ1) is 18.4. The molecule has 2 aliphatic heterocycles. The van der Waals surface area contributed by atoms with Crippen LogP contribution in [0, 0.1) is 0 Å². The second-order valence-corrected chi connectivity index (χ2v) is 6.35. The van der Waals surface area contributed by atoms with Gasteiger partial charge in [0.1, 0.15) is 12.7 Å². The summed E-state index contributed by atoms with van der Waals surface area (Å²) >= 11 is 0. The molecule has 2 fully saturated rings. The van der Waals surface area contributed by atoms with Crippen LogP contribution in [-0.4, -0.2) is 86.7 Å². The molecule has 0 radical (unpaired) electrons. The molecule has 0 aromatic rings. The number of methoxy groups -OCH3 is 1. The number of primary amides is 1. The van der Waals surface area contributed by atoms with Gasteiger partial charge >= 0.3 is 6.09 Å². The molecule has 0 saturated carbocycles. The number of carbonyl (C=O) groups excluding carboxylic acids is 3. The maximum Gasteiger partial charge on any atom is 0.404 e. The molecule has 2 N–H and O–H groups in total. The van der Waals surface area contributed by atoms with Crippen LogP contribution in [0.25, 0.3) is 0 Å². The van der Waals surface area contributed by atoms with Crippen LogP contribution in [0.5, 0.6) is 0 Å². The Hall–Kier alpha value is -2.39. The Balaban J connectivity index is 1.95. The van der Waals surface area contributed by atoms with E-state index in [1.807, 2.05) is 9.80 Å². The molecule has 0 spiro atoms. The number of hydrogen-bond acceptors (Lipinski definition) is 8. The van der Waals surface area contributed by atoms with E-state index in [0.717, 1.165) is 13.1 Å². The van der Waals surface area contributed by atoms with Crippen LogP contribution in [0.2, 0.25) is 0 Å². The van der Waals surface area contributed by atoms with Gasteiger partial charge in [-0.1, -0.05) is 0 Å². The normalized spacial score (nSPS) is 20.7. The molecule has 9 heteroatoms. The maximum absolute atomic E-state index is 13.2. The Morgan fingerprint density at radius 1 is 1.08 bits per heavy atom. The molecular weight excluding hydrogens is 342 g/mol. The van der Waals surface area contributed by atoms with Crippen molar-refractivity contribution in [3.8, 4) is 0 Å². The first-order chi connectivity index (χ1) is 12.5. The Morgan fingerprint density at radius 3 is 2.23 bits per heavy atom. The van der Waals surface area contributed by atoms with Gasteiger partial charge in [-0.3, -0.25) is 9.59 Å². The van der Waals surface area contributed by atoms with Crippen molar-refractivity contribution >= 4 is 17.7 Å². The number of nitrogens with zero attached hydrogens (tertiary/aromatic N) is 2. The number of ether oxygens (including phenoxy) is 3. The predicted octanol–water partition coefficient (Wildman–Crippen LogP) is -0.576. The van der Waals surface area contributed by atoms with Crippen LogP contribution >= 0.6 is 0 Å². The van der Waals surface area contributed by atoms with E-state index >= 15 is 0 Å². The molecule has 3 rings (SSSR count). The second-order valence-electron chi connectivity index (χ2n) is 6.35. The van der Waals surface area contributed by atoms with Gasteiger partial charge in [0.15, 0.2) is 0 Å². The van der Waals surface area contributed by atoms with Crippen molar-refractivity contribution in [1.29, 1.82) is 0 Å². The third-order valence-corrected chi connectivity index (χ3v) is 4.46. The minimum absolute atomic E-state index is 0.182. The van der Waals surface area contributed by atoms with E-state index in [0.29, 0.717) is 36.7 Å². The SMILES string of the molecule is COCCOC(COC(N)=O)C1=C(N2CC2)C(=O)C(C)=C(N2CC2)C1=O. The van der Waals surface area contributed by atoms with Crippen molar-refractivity contribution in [1.82, 2.24) is 9.80 Å². The smallest absolute Gasteiger partial charge is 0.404 e. The highest BCUT2D eigenvalue weighted by Gasteiger charge is 2.45. The average Bonchev–Trinajstić information content (AvgIpc) is 3.47. The number of hydrogen-bond donors (Lipinski definition) is 1. The van der Waals surface area contributed by atoms with E-state index in [9.17, 15) is 14.4 Å². The summed E-state index contributed by atoms with van der Waals surface area (Å²) < 4.78 is 15.6. The largest absolute Gasteiger partial charge is 0.447 e. The standard InChI is InChI=1S/C17H23N3O6/c1-10-13(19-3-4-19)16(22)12(14(15(10)21)20-5-6-20)11(9-26-17(18)23)25-8-7-24-2/h11H,3-9H2,1-2H3,(H2,18,23). The molecule has 2 saturated heterocycles. The topological polar surface area (TPSA) is 111 Å². The molecule has 1 amide bonds. The molecule has 1 unspecified atom stereocenters. The lowest BCUT2D eigenvalue weighted by Gasteiger charge is -2.28. The van der Waals surface area contributed by atoms with Crippen molar-refractivity contribution < 1.29 is 28.6 Å². The summed E-state index contributed by atoms with van der Waals surface area (Å²) in [7, 11) is 1.53. The average molecular weight is 365 g/mol. The van der Waals surface area contributed by atoms with Crippen LogP contribution in [0.3, 0.4) is 0 Å². The number of nitrogens with two attached hydrogens (primary N) is 1. The van der Waals surface area contributed by atoms with Gasteiger partial charge < -0.3 is 29.7 Å². The predicted molar refractivity (Wildman–Crippen MR) is 90.0 cm³/mol. The van der Waals surface area contributed by atoms with Crippen LogP contribution in [0.15, 0.2) is 22.5 Å². The second kappa shape index (κ2) is 7.46. The van der Waals surface area contributed by atoms with E-state index in [-0.39, 0.29) is 30.4 Å². The van der Waals surface area contributed by atoms with Gasteiger partial charge in [0, 0.05) is 38.9 Å². The van der Waals surface area contributed by atoms with E-state index in [1.54, 1.807) is 6.92 Å². The minimum atomic E-state index is -0.966. The third-order valence-electron chi connectivity index (χ3n) is 4.46. The van der Waals surface area contributed by atoms with Gasteiger partial charge in [0.25, 0.3) is 0 Å². The van der Waals surface area contributed by atoms with Gasteiger partial charge in [0.2, 0.25) is 11.6 Å². The van der Waals surface area contributed by atoms with Gasteiger partial charge in [0.05, 0.1) is 30.2 Å². The third kappa shape index (κ3) is 3.73. The first-order valence-electron chi connectivity index (χ1n) is 8.52. The summed E-state index contributed by atoms with van der Waals surface area (Å²) in [5, 5.41) is 0. The van der Waals surface area contributed by atoms with Gasteiger partial charge in [-0.15, -0.1) is 0 Å². The number of Topliss-reactive ketones (excluding diaryl/α,β-unsaturated/α-hetero) is 2. The molecule has 0 bridgehead atoms. The van der Waals surface area contributed by atoms with Gasteiger partial charge in [-0.05, 0) is 6.92 Å². The van der Waals surface area contributed by atoms with Crippen LogP contribution in [0.1, 0.15) is 6.92 Å². The molecule has 0 aromatic heterocycles. The fourth-order valence-electron chi connectivity index (χ4n) is 3.00. The van der Waals surface area contributed by atoms with E-state index in [4.69, 9.17) is 19.9 Å². The molecule has 3 aliphatic rings. The van der Waals surface area contributed by atoms with Crippen molar-refractivity contribution in [2.45, 2.75) is 13.0 Å². The number of amides is 1. The van der Waals surface area contributed by atoms with Gasteiger partial charge in [-0.25, -0.2) is 4.79 Å². The summed E-state index contributed by atoms with van der Waals surface area (Å²) in [6.45, 7) is 4.80. The fourth-order valence-corrected chi connectivity index (χ4v) is 3.00. The summed E-state index contributed by atoms with van der Waals surface area (Å²) in [5.41, 5.74) is 6.50. The lowest BCUT2D eigenvalue weighted by molar-refractivity contribution is -0.119. The number of ketones is 2. The Morgan fingerprint density at radius 2 is 1.69 bits per heavy atom. The van der Waals surface area contributed by atoms with E-state index in [2.05, 4.69) is 0 Å². The monoisotopic (exact) mass is 365 g/mol. The van der Waals surface area contributed by atoms with Crippen molar-refractivity contribution in [2.75, 3.05) is 53.1 Å². The zero-order valence-electron chi connectivity index (χ0n) is 14.9. The summed E-state index contributed by atoms with van der Waals surface area (Å²) in [5.74, 6) is -0.435. The van der Waals surface area contributed by atoms with Gasteiger partial charge in [-0.2, -0.15) is 0 Å². The zero-order valence-corrected chi connectivity index (χ0v) is 14.9. The summed E-state index contributed by atoms with van der Waals surface area (Å²) in [4.78, 5) is 40.9. The quantitative estimate of drug-likeness (QED) is 0.328. The maximum atomic E-state index is 13.2. The Bertz CT molecular complexity index is 691. The number of rotatable bonds is 9. The Labute approximate surface area is 151 Å². The highest BCUT2D eigenvalue weighted by Crippen LogP contribution is 2.35. The minimum Gasteiger partial charge on any atom is -0.447 e. The lowest BCUT2D eigenvalue weighted by Crippen LogP contribution is -2.38. The van der Waals surface area contributed by atoms with Crippen LogP contribution in [0.4, 0.5) is 4.79 Å². The van der Waals surface area contributed by atoms with E-state index in [1.165, 1.54) is 7.11 Å². The first-order valence-corrected chi connectivity index (χ1v) is 8.52. The van der Waals surface area contributed by atoms with E-state index < -0.39 is 12.2 Å². The highest BCUT2D eigenvalue weighted by molar-refractivity contribution is 6.25. The summed E-state index contributed by atoms with van der Waals surface area (Å²) in [6, 6.07) is 0. The molecular formula is C17H23N3O6. The molecule has 26 heavy (non-hydrogen) atoms. The zero-order chi connectivity index (χ0) is 18.8. The fraction of sp³-hybridized carbons (Fsp3) is 0.588. The van der Waals surface area contributed by atoms with Crippen LogP contribution in [-0.2, 0) is 23.8 Å². The molecule has 2 heterocycles. The lowest BCUT2D eigenvalue weighted by atomic mass is 9.88. The summed E-state index contributed by atoms with van der Waals surface area (Å²) in [6.07, 6.45) is -1.85. The highest BCUT2D eigenvalue weighted by atomic mass is 16.6.